The molecule has 1 saturated carbocycles. The van der Waals surface area contributed by atoms with Crippen molar-refractivity contribution in [3.05, 3.63) is 77.1 Å². The summed E-state index contributed by atoms with van der Waals surface area (Å²) in [7, 11) is 0. The van der Waals surface area contributed by atoms with Crippen molar-refractivity contribution < 1.29 is 4.79 Å². The number of nitrogens with zero attached hydrogens (tertiary/aromatic N) is 1. The van der Waals surface area contributed by atoms with Gasteiger partial charge in [-0.25, -0.2) is 0 Å². The van der Waals surface area contributed by atoms with Crippen LogP contribution in [0.4, 0.5) is 0 Å². The zero-order valence-corrected chi connectivity index (χ0v) is 18.0. The summed E-state index contributed by atoms with van der Waals surface area (Å²) < 4.78 is 0. The van der Waals surface area contributed by atoms with Gasteiger partial charge in [0.05, 0.1) is 0 Å². The highest BCUT2D eigenvalue weighted by Gasteiger charge is 2.39. The van der Waals surface area contributed by atoms with Crippen molar-refractivity contribution in [2.24, 2.45) is 11.3 Å². The summed E-state index contributed by atoms with van der Waals surface area (Å²) in [5.74, 6) is 0.881. The number of carbonyl (C=O) groups is 1. The van der Waals surface area contributed by atoms with Gasteiger partial charge in [-0.1, -0.05) is 43.6 Å². The smallest absolute Gasteiger partial charge is 0.163 e. The van der Waals surface area contributed by atoms with Crippen LogP contribution in [0.25, 0.3) is 22.3 Å². The number of hydrogen-bond donors (Lipinski definition) is 0. The number of benzene rings is 2. The van der Waals surface area contributed by atoms with Crippen LogP contribution in [0.5, 0.6) is 0 Å². The number of aromatic nitrogens is 1. The lowest BCUT2D eigenvalue weighted by molar-refractivity contribution is 0.0917. The third-order valence-corrected chi connectivity index (χ3v) is 6.30. The molecule has 0 saturated heterocycles. The zero-order valence-electron chi connectivity index (χ0n) is 17.2. The van der Waals surface area contributed by atoms with E-state index in [0.29, 0.717) is 17.4 Å². The third kappa shape index (κ3) is 4.43. The molecular formula is C26H26ClNO. The summed E-state index contributed by atoms with van der Waals surface area (Å²) in [5, 5.41) is 0.704. The van der Waals surface area contributed by atoms with Gasteiger partial charge < -0.3 is 0 Å². The van der Waals surface area contributed by atoms with E-state index in [4.69, 9.17) is 11.6 Å². The molecule has 3 aromatic rings. The molecule has 0 amide bonds. The summed E-state index contributed by atoms with van der Waals surface area (Å²) in [6, 6.07) is 17.9. The fraction of sp³-hybridized carbons (Fsp3) is 0.308. The number of carbonyl (C=O) groups excluding carboxylic acids is 1. The minimum atomic E-state index is 0.0533. The van der Waals surface area contributed by atoms with E-state index in [2.05, 4.69) is 31.0 Å². The van der Waals surface area contributed by atoms with E-state index in [0.717, 1.165) is 33.5 Å². The van der Waals surface area contributed by atoms with E-state index >= 15 is 0 Å². The van der Waals surface area contributed by atoms with Gasteiger partial charge in [0, 0.05) is 34.5 Å². The van der Waals surface area contributed by atoms with Gasteiger partial charge in [0.1, 0.15) is 0 Å². The van der Waals surface area contributed by atoms with Crippen molar-refractivity contribution in [2.75, 3.05) is 0 Å². The Bertz CT molecular complexity index is 1050. The standard InChI is InChI=1S/C26H26ClNO/c1-17-24(5-4-12-28-17)20-13-19(18-6-10-23(27)11-7-18)14-21(15-20)25(29)16-26(2,3)22-8-9-22/h4-7,10-15,22H,8-9,16H2,1-3H3. The van der Waals surface area contributed by atoms with E-state index in [1.165, 1.54) is 12.8 Å². The Hall–Kier alpha value is -2.45. The van der Waals surface area contributed by atoms with Crippen molar-refractivity contribution >= 4 is 17.4 Å². The molecule has 0 aliphatic heterocycles. The molecular weight excluding hydrogens is 378 g/mol. The molecule has 2 nitrogen and oxygen atoms in total. The quantitative estimate of drug-likeness (QED) is 0.401. The Balaban J connectivity index is 1.78. The van der Waals surface area contributed by atoms with Crippen LogP contribution in [-0.2, 0) is 0 Å². The van der Waals surface area contributed by atoms with Gasteiger partial charge in [-0.3, -0.25) is 9.78 Å². The molecule has 0 bridgehead atoms. The van der Waals surface area contributed by atoms with Gasteiger partial charge in [-0.05, 0) is 84.2 Å². The average Bonchev–Trinajstić information content (AvgIpc) is 3.54. The fourth-order valence-corrected chi connectivity index (χ4v) is 4.19. The summed E-state index contributed by atoms with van der Waals surface area (Å²) in [4.78, 5) is 17.7. The van der Waals surface area contributed by atoms with E-state index < -0.39 is 0 Å². The van der Waals surface area contributed by atoms with Gasteiger partial charge in [-0.2, -0.15) is 0 Å². The molecule has 1 aliphatic carbocycles. The maximum absolute atomic E-state index is 13.3. The van der Waals surface area contributed by atoms with Crippen LogP contribution < -0.4 is 0 Å². The molecule has 0 N–H and O–H groups in total. The molecule has 0 spiro atoms. The lowest BCUT2D eigenvalue weighted by atomic mass is 9.80. The normalized spacial score (nSPS) is 14.1. The Kier molecular flexibility index (Phi) is 5.31. The zero-order chi connectivity index (χ0) is 20.6. The maximum Gasteiger partial charge on any atom is 0.163 e. The Morgan fingerprint density at radius 1 is 1.03 bits per heavy atom. The van der Waals surface area contributed by atoms with Crippen molar-refractivity contribution in [3.8, 4) is 22.3 Å². The maximum atomic E-state index is 13.3. The van der Waals surface area contributed by atoms with Gasteiger partial charge in [0.25, 0.3) is 0 Å². The molecule has 4 rings (SSSR count). The second-order valence-electron chi connectivity index (χ2n) is 8.81. The van der Waals surface area contributed by atoms with Gasteiger partial charge in [-0.15, -0.1) is 0 Å². The topological polar surface area (TPSA) is 30.0 Å². The number of Topliss-reactive ketones (excluding diaryl/α,β-unsaturated/α-hetero) is 1. The van der Waals surface area contributed by atoms with Gasteiger partial charge >= 0.3 is 0 Å². The van der Waals surface area contributed by atoms with Crippen LogP contribution in [-0.4, -0.2) is 10.8 Å². The van der Waals surface area contributed by atoms with Crippen molar-refractivity contribution in [2.45, 2.75) is 40.0 Å². The molecule has 0 atom stereocenters. The van der Waals surface area contributed by atoms with E-state index in [1.54, 1.807) is 6.20 Å². The SMILES string of the molecule is Cc1ncccc1-c1cc(C(=O)CC(C)(C)C2CC2)cc(-c2ccc(Cl)cc2)c1. The van der Waals surface area contributed by atoms with Gasteiger partial charge in [0.2, 0.25) is 0 Å². The van der Waals surface area contributed by atoms with Crippen molar-refractivity contribution in [1.29, 1.82) is 0 Å². The molecule has 1 fully saturated rings. The largest absolute Gasteiger partial charge is 0.294 e. The summed E-state index contributed by atoms with van der Waals surface area (Å²) >= 11 is 6.07. The molecule has 148 valence electrons. The van der Waals surface area contributed by atoms with Crippen molar-refractivity contribution in [3.63, 3.8) is 0 Å². The molecule has 0 unspecified atom stereocenters. The lowest BCUT2D eigenvalue weighted by Gasteiger charge is -2.23. The molecule has 3 heteroatoms. The molecule has 0 radical (unpaired) electrons. The van der Waals surface area contributed by atoms with Crippen LogP contribution in [0.1, 0.15) is 49.2 Å². The number of hydrogen-bond acceptors (Lipinski definition) is 2. The first-order valence-electron chi connectivity index (χ1n) is 10.2. The van der Waals surface area contributed by atoms with Crippen LogP contribution in [0, 0.1) is 18.3 Å². The summed E-state index contributed by atoms with van der Waals surface area (Å²) in [6.07, 6.45) is 4.86. The van der Waals surface area contributed by atoms with E-state index in [1.807, 2.05) is 49.4 Å². The highest BCUT2D eigenvalue weighted by Crippen LogP contribution is 2.47. The lowest BCUT2D eigenvalue weighted by Crippen LogP contribution is -2.19. The number of ketones is 1. The van der Waals surface area contributed by atoms with Gasteiger partial charge in [0.15, 0.2) is 5.78 Å². The molecule has 1 heterocycles. The predicted molar refractivity (Wildman–Crippen MR) is 120 cm³/mol. The minimum absolute atomic E-state index is 0.0533. The third-order valence-electron chi connectivity index (χ3n) is 6.05. The molecule has 2 aromatic carbocycles. The monoisotopic (exact) mass is 403 g/mol. The molecule has 1 aliphatic rings. The highest BCUT2D eigenvalue weighted by molar-refractivity contribution is 6.30. The summed E-state index contributed by atoms with van der Waals surface area (Å²) in [6.45, 7) is 6.44. The average molecular weight is 404 g/mol. The number of pyridine rings is 1. The predicted octanol–water partition coefficient (Wildman–Crippen LogP) is 7.39. The van der Waals surface area contributed by atoms with E-state index in [-0.39, 0.29) is 11.2 Å². The van der Waals surface area contributed by atoms with Crippen LogP contribution in [0.2, 0.25) is 5.02 Å². The number of rotatable bonds is 6. The second-order valence-corrected chi connectivity index (χ2v) is 9.24. The molecule has 29 heavy (non-hydrogen) atoms. The summed E-state index contributed by atoms with van der Waals surface area (Å²) in [5.41, 5.74) is 5.93. The van der Waals surface area contributed by atoms with Crippen LogP contribution >= 0.6 is 11.6 Å². The second kappa shape index (κ2) is 7.76. The first-order valence-corrected chi connectivity index (χ1v) is 10.6. The first kappa shape index (κ1) is 19.8. The Morgan fingerprint density at radius 3 is 2.38 bits per heavy atom. The fourth-order valence-electron chi connectivity index (χ4n) is 4.07. The highest BCUT2D eigenvalue weighted by atomic mass is 35.5. The van der Waals surface area contributed by atoms with E-state index in [9.17, 15) is 4.79 Å². The minimum Gasteiger partial charge on any atom is -0.294 e. The molecule has 1 aromatic heterocycles. The van der Waals surface area contributed by atoms with Crippen LogP contribution in [0.3, 0.4) is 0 Å². The first-order chi connectivity index (χ1) is 13.8. The number of halogens is 1. The number of aryl methyl sites for hydroxylation is 1. The Labute approximate surface area is 178 Å². The van der Waals surface area contributed by atoms with Crippen LogP contribution in [0.15, 0.2) is 60.8 Å². The Morgan fingerprint density at radius 2 is 1.72 bits per heavy atom. The van der Waals surface area contributed by atoms with Crippen molar-refractivity contribution in [1.82, 2.24) is 4.98 Å².